The van der Waals surface area contributed by atoms with Crippen LogP contribution in [0, 0.1) is 0 Å². The molecule has 0 aliphatic heterocycles. The van der Waals surface area contributed by atoms with E-state index >= 15 is 0 Å². The maximum absolute atomic E-state index is 12.2. The summed E-state index contributed by atoms with van der Waals surface area (Å²) in [5.41, 5.74) is 10.6. The predicted octanol–water partition coefficient (Wildman–Crippen LogP) is 10.9. The van der Waals surface area contributed by atoms with Gasteiger partial charge in [0.05, 0.1) is 0 Å². The summed E-state index contributed by atoms with van der Waals surface area (Å²) in [5.74, 6) is 0.293. The fraction of sp³-hybridized carbons (Fsp3) is 0. The van der Waals surface area contributed by atoms with Gasteiger partial charge in [0, 0.05) is 16.5 Å². The molecule has 1 heteroatoms. The number of benzene rings is 7. The maximum atomic E-state index is 12.2. The third-order valence-corrected chi connectivity index (χ3v) is 7.78. The van der Waals surface area contributed by atoms with E-state index in [9.17, 15) is 5.11 Å². The second kappa shape index (κ2) is 10.6. The van der Waals surface area contributed by atoms with Crippen LogP contribution in [0.3, 0.4) is 0 Å². The molecular weight excluding hydrogens is 496 g/mol. The van der Waals surface area contributed by atoms with Crippen LogP contribution in [0.1, 0.15) is 0 Å². The molecule has 0 aliphatic rings. The fourth-order valence-corrected chi connectivity index (χ4v) is 6.00. The molecule has 0 amide bonds. The summed E-state index contributed by atoms with van der Waals surface area (Å²) in [6, 6.07) is 56.6. The van der Waals surface area contributed by atoms with Gasteiger partial charge >= 0.3 is 0 Å². The van der Waals surface area contributed by atoms with Crippen molar-refractivity contribution < 1.29 is 5.11 Å². The van der Waals surface area contributed by atoms with Crippen LogP contribution in [-0.4, -0.2) is 5.11 Å². The van der Waals surface area contributed by atoms with E-state index in [2.05, 4.69) is 140 Å². The number of hydrogen-bond donors (Lipinski definition) is 1. The standard InChI is InChI=1S/C40H28O/c41-40-33(28-16-6-1-7-17-28)26-27-34-35(29-18-8-2-9-19-29)36(30-20-10-3-11-21-30)37(31-22-12-4-13-23-31)38(39(34)40)32-24-14-5-15-25-32/h1-27,41H. The highest BCUT2D eigenvalue weighted by Gasteiger charge is 2.26. The van der Waals surface area contributed by atoms with Crippen LogP contribution < -0.4 is 0 Å². The molecule has 0 unspecified atom stereocenters. The number of fused-ring (bicyclic) bond motifs is 1. The lowest BCUT2D eigenvalue weighted by Crippen LogP contribution is -1.98. The highest BCUT2D eigenvalue weighted by atomic mass is 16.3. The smallest absolute Gasteiger partial charge is 0.131 e. The molecule has 0 atom stereocenters. The van der Waals surface area contributed by atoms with Gasteiger partial charge in [0.25, 0.3) is 0 Å². The first-order valence-corrected chi connectivity index (χ1v) is 13.9. The zero-order chi connectivity index (χ0) is 27.6. The Morgan fingerprint density at radius 3 is 1.07 bits per heavy atom. The Morgan fingerprint density at radius 1 is 0.293 bits per heavy atom. The van der Waals surface area contributed by atoms with E-state index < -0.39 is 0 Å². The van der Waals surface area contributed by atoms with Gasteiger partial charge in [-0.3, -0.25) is 0 Å². The van der Waals surface area contributed by atoms with Crippen LogP contribution in [-0.2, 0) is 0 Å². The predicted molar refractivity (Wildman–Crippen MR) is 173 cm³/mol. The molecule has 1 N–H and O–H groups in total. The van der Waals surface area contributed by atoms with E-state index in [0.29, 0.717) is 5.75 Å². The minimum Gasteiger partial charge on any atom is -0.507 e. The average Bonchev–Trinajstić information content (AvgIpc) is 3.06. The lowest BCUT2D eigenvalue weighted by Gasteiger charge is -2.25. The van der Waals surface area contributed by atoms with Gasteiger partial charge in [-0.25, -0.2) is 0 Å². The van der Waals surface area contributed by atoms with E-state index in [0.717, 1.165) is 66.4 Å². The largest absolute Gasteiger partial charge is 0.507 e. The molecule has 1 nitrogen and oxygen atoms in total. The summed E-state index contributed by atoms with van der Waals surface area (Å²) in [5, 5.41) is 14.1. The highest BCUT2D eigenvalue weighted by Crippen LogP contribution is 2.54. The summed E-state index contributed by atoms with van der Waals surface area (Å²) in [6.07, 6.45) is 0. The summed E-state index contributed by atoms with van der Waals surface area (Å²) in [7, 11) is 0. The van der Waals surface area contributed by atoms with Crippen molar-refractivity contribution in [3.05, 3.63) is 164 Å². The molecule has 0 heterocycles. The number of hydrogen-bond acceptors (Lipinski definition) is 1. The van der Waals surface area contributed by atoms with Crippen molar-refractivity contribution in [1.29, 1.82) is 0 Å². The first-order chi connectivity index (χ1) is 20.3. The SMILES string of the molecule is Oc1c(-c2ccccc2)ccc2c(-c3ccccc3)c(-c3ccccc3)c(-c3ccccc3)c(-c3ccccc3)c12. The topological polar surface area (TPSA) is 20.2 Å². The average molecular weight is 525 g/mol. The first kappa shape index (κ1) is 24.6. The molecule has 0 spiro atoms. The Hall–Kier alpha value is -5.40. The van der Waals surface area contributed by atoms with Crippen LogP contribution in [0.2, 0.25) is 0 Å². The van der Waals surface area contributed by atoms with Crippen molar-refractivity contribution >= 4 is 10.8 Å². The third-order valence-electron chi connectivity index (χ3n) is 7.78. The van der Waals surface area contributed by atoms with Crippen LogP contribution >= 0.6 is 0 Å². The van der Waals surface area contributed by atoms with E-state index in [1.54, 1.807) is 0 Å². The van der Waals surface area contributed by atoms with Crippen LogP contribution in [0.25, 0.3) is 66.4 Å². The quantitative estimate of drug-likeness (QED) is 0.237. The van der Waals surface area contributed by atoms with E-state index in [-0.39, 0.29) is 0 Å². The zero-order valence-corrected chi connectivity index (χ0v) is 22.5. The van der Waals surface area contributed by atoms with Crippen molar-refractivity contribution in [1.82, 2.24) is 0 Å². The van der Waals surface area contributed by atoms with Gasteiger partial charge in [-0.1, -0.05) is 158 Å². The van der Waals surface area contributed by atoms with Crippen LogP contribution in [0.5, 0.6) is 5.75 Å². The second-order valence-electron chi connectivity index (χ2n) is 10.2. The summed E-state index contributed by atoms with van der Waals surface area (Å²) in [6.45, 7) is 0. The molecule has 0 aliphatic carbocycles. The van der Waals surface area contributed by atoms with Gasteiger partial charge in [-0.2, -0.15) is 0 Å². The Morgan fingerprint density at radius 2 is 0.634 bits per heavy atom. The summed E-state index contributed by atoms with van der Waals surface area (Å²) in [4.78, 5) is 0. The van der Waals surface area contributed by atoms with E-state index in [4.69, 9.17) is 0 Å². The van der Waals surface area contributed by atoms with Gasteiger partial charge in [0.2, 0.25) is 0 Å². The zero-order valence-electron chi connectivity index (χ0n) is 22.5. The fourth-order valence-electron chi connectivity index (χ4n) is 6.00. The molecule has 7 rings (SSSR count). The van der Waals surface area contributed by atoms with Crippen molar-refractivity contribution in [2.75, 3.05) is 0 Å². The molecule has 0 radical (unpaired) electrons. The Labute approximate surface area is 240 Å². The molecular formula is C40H28O. The number of phenols is 1. The van der Waals surface area contributed by atoms with E-state index in [1.807, 2.05) is 24.3 Å². The lowest BCUT2D eigenvalue weighted by atomic mass is 9.78. The van der Waals surface area contributed by atoms with Crippen molar-refractivity contribution in [3.63, 3.8) is 0 Å². The Kier molecular flexibility index (Phi) is 6.39. The van der Waals surface area contributed by atoms with Crippen LogP contribution in [0.4, 0.5) is 0 Å². The molecule has 0 bridgehead atoms. The molecule has 41 heavy (non-hydrogen) atoms. The first-order valence-electron chi connectivity index (χ1n) is 13.9. The number of rotatable bonds is 5. The van der Waals surface area contributed by atoms with E-state index in [1.165, 1.54) is 0 Å². The Balaban J connectivity index is 1.77. The second-order valence-corrected chi connectivity index (χ2v) is 10.2. The number of aromatic hydroxyl groups is 1. The van der Waals surface area contributed by atoms with Crippen LogP contribution in [0.15, 0.2) is 164 Å². The van der Waals surface area contributed by atoms with Crippen molar-refractivity contribution in [2.24, 2.45) is 0 Å². The molecule has 7 aromatic carbocycles. The number of phenolic OH excluding ortho intramolecular Hbond substituents is 1. The molecule has 194 valence electrons. The molecule has 0 fully saturated rings. The van der Waals surface area contributed by atoms with Crippen molar-refractivity contribution in [3.8, 4) is 61.4 Å². The van der Waals surface area contributed by atoms with Gasteiger partial charge in [0.15, 0.2) is 0 Å². The summed E-state index contributed by atoms with van der Waals surface area (Å²) < 4.78 is 0. The molecule has 0 saturated heterocycles. The summed E-state index contributed by atoms with van der Waals surface area (Å²) >= 11 is 0. The maximum Gasteiger partial charge on any atom is 0.131 e. The molecule has 0 saturated carbocycles. The van der Waals surface area contributed by atoms with Gasteiger partial charge in [-0.05, 0) is 56.0 Å². The normalized spacial score (nSPS) is 11.0. The molecule has 0 aromatic heterocycles. The van der Waals surface area contributed by atoms with Gasteiger partial charge < -0.3 is 5.11 Å². The minimum absolute atomic E-state index is 0.293. The Bertz CT molecular complexity index is 1950. The van der Waals surface area contributed by atoms with Gasteiger partial charge in [-0.15, -0.1) is 0 Å². The van der Waals surface area contributed by atoms with Gasteiger partial charge in [0.1, 0.15) is 5.75 Å². The minimum atomic E-state index is 0.293. The monoisotopic (exact) mass is 524 g/mol. The highest BCUT2D eigenvalue weighted by molar-refractivity contribution is 6.21. The lowest BCUT2D eigenvalue weighted by molar-refractivity contribution is 0.484. The van der Waals surface area contributed by atoms with Crippen molar-refractivity contribution in [2.45, 2.75) is 0 Å². The third kappa shape index (κ3) is 4.38. The molecule has 7 aromatic rings.